The number of carbonyl (C=O) groups is 6. The second-order valence-electron chi connectivity index (χ2n) is 21.6. The number of pyridine rings is 1. The average Bonchev–Trinajstić information content (AvgIpc) is 4.26. The number of hydrogen-bond acceptors (Lipinski definition) is 16. The number of hydrogen-bond donors (Lipinski definition) is 6. The van der Waals surface area contributed by atoms with E-state index < -0.39 is 53.2 Å². The third kappa shape index (κ3) is 17.6. The Bertz CT molecular complexity index is 2870. The second-order valence-corrected chi connectivity index (χ2v) is 21.6. The highest BCUT2D eigenvalue weighted by Crippen LogP contribution is 2.39. The van der Waals surface area contributed by atoms with Gasteiger partial charge in [0.2, 0.25) is 23.6 Å². The Balaban J connectivity index is 0.860. The molecule has 0 radical (unpaired) electrons. The van der Waals surface area contributed by atoms with Crippen LogP contribution in [0.15, 0.2) is 60.8 Å². The lowest BCUT2D eigenvalue weighted by Crippen LogP contribution is -2.55. The number of Topliss-reactive ketones (excluding diaryl/α,β-unsaturated/α-hetero) is 1. The van der Waals surface area contributed by atoms with Crippen LogP contribution in [0.25, 0.3) is 11.1 Å². The van der Waals surface area contributed by atoms with Gasteiger partial charge in [0.15, 0.2) is 17.4 Å². The summed E-state index contributed by atoms with van der Waals surface area (Å²) in [6.45, 7) is 13.2. The zero-order valence-corrected chi connectivity index (χ0v) is 48.3. The number of aromatic nitrogens is 3. The number of rotatable bonds is 28. The largest absolute Gasteiger partial charge is 0.482 e. The molecular formula is C59H80FN11O11. The quantitative estimate of drug-likeness (QED) is 0.0420. The number of nitriles is 1. The van der Waals surface area contributed by atoms with Crippen molar-refractivity contribution >= 4 is 41.1 Å². The van der Waals surface area contributed by atoms with E-state index in [0.29, 0.717) is 42.0 Å². The van der Waals surface area contributed by atoms with Crippen LogP contribution in [0.4, 0.5) is 10.2 Å². The van der Waals surface area contributed by atoms with Gasteiger partial charge in [0, 0.05) is 72.8 Å². The molecule has 444 valence electrons. The molecule has 7 atom stereocenters. The number of carbonyl (C=O) groups excluding carboxylic acids is 6. The lowest BCUT2D eigenvalue weighted by Gasteiger charge is -2.34. The van der Waals surface area contributed by atoms with Crippen molar-refractivity contribution in [3.05, 3.63) is 94.7 Å². The average molecular weight is 1140 g/mol. The molecule has 4 aromatic rings. The summed E-state index contributed by atoms with van der Waals surface area (Å²) in [5.41, 5.74) is 8.51. The maximum absolute atomic E-state index is 14.4. The Morgan fingerprint density at radius 3 is 2.16 bits per heavy atom. The molecule has 5 amide bonds. The molecule has 1 saturated carbocycles. The Morgan fingerprint density at radius 1 is 0.902 bits per heavy atom. The minimum atomic E-state index is -0.865. The summed E-state index contributed by atoms with van der Waals surface area (Å²) in [5.74, 6) is -3.53. The van der Waals surface area contributed by atoms with Gasteiger partial charge in [-0.15, -0.1) is 0 Å². The molecule has 2 aromatic heterocycles. The van der Waals surface area contributed by atoms with Gasteiger partial charge in [-0.05, 0) is 75.4 Å². The highest BCUT2D eigenvalue weighted by atomic mass is 19.1. The van der Waals surface area contributed by atoms with Crippen LogP contribution in [0.5, 0.6) is 5.75 Å². The van der Waals surface area contributed by atoms with Gasteiger partial charge >= 0.3 is 0 Å². The molecule has 0 spiro atoms. The summed E-state index contributed by atoms with van der Waals surface area (Å²) in [6.07, 6.45) is 2.01. The molecule has 82 heavy (non-hydrogen) atoms. The lowest BCUT2D eigenvalue weighted by atomic mass is 9.77. The predicted molar refractivity (Wildman–Crippen MR) is 302 cm³/mol. The molecular weight excluding hydrogens is 1060 g/mol. The summed E-state index contributed by atoms with van der Waals surface area (Å²) in [7, 11) is 3.25. The van der Waals surface area contributed by atoms with Crippen molar-refractivity contribution < 1.29 is 56.8 Å². The van der Waals surface area contributed by atoms with Gasteiger partial charge in [-0.1, -0.05) is 58.0 Å². The Kier molecular flexibility index (Phi) is 23.8. The molecule has 2 aromatic carbocycles. The van der Waals surface area contributed by atoms with E-state index in [1.54, 1.807) is 34.0 Å². The molecule has 1 unspecified atom stereocenters. The van der Waals surface area contributed by atoms with Crippen LogP contribution < -0.4 is 37.1 Å². The number of benzene rings is 2. The monoisotopic (exact) mass is 1140 g/mol. The van der Waals surface area contributed by atoms with Crippen LogP contribution in [-0.2, 0) is 56.0 Å². The van der Waals surface area contributed by atoms with Crippen LogP contribution in [0.3, 0.4) is 0 Å². The fourth-order valence-corrected chi connectivity index (χ4v) is 9.96. The predicted octanol–water partition coefficient (Wildman–Crippen LogP) is 4.71. The fraction of sp³-hybridized carbons (Fsp3) is 0.542. The van der Waals surface area contributed by atoms with Crippen molar-refractivity contribution in [3.8, 4) is 22.9 Å². The lowest BCUT2D eigenvalue weighted by molar-refractivity contribution is -0.137. The number of nitrogens with one attached hydrogen (secondary N) is 5. The Morgan fingerprint density at radius 2 is 1.54 bits per heavy atom. The van der Waals surface area contributed by atoms with E-state index in [1.807, 2.05) is 58.0 Å². The molecule has 2 aliphatic rings. The van der Waals surface area contributed by atoms with Crippen molar-refractivity contribution in [2.45, 2.75) is 117 Å². The van der Waals surface area contributed by atoms with E-state index in [0.717, 1.165) is 5.56 Å². The molecule has 23 heteroatoms. The first-order valence-electron chi connectivity index (χ1n) is 27.9. The van der Waals surface area contributed by atoms with Gasteiger partial charge in [0.1, 0.15) is 23.7 Å². The third-order valence-electron chi connectivity index (χ3n) is 14.5. The zero-order valence-electron chi connectivity index (χ0n) is 48.3. The summed E-state index contributed by atoms with van der Waals surface area (Å²) < 4.78 is 44.4. The highest BCUT2D eigenvalue weighted by Gasteiger charge is 2.48. The van der Waals surface area contributed by atoms with Crippen LogP contribution in [0.1, 0.15) is 119 Å². The molecule has 7 N–H and O–H groups in total. The number of nitrogen functional groups attached to an aromatic ring is 1. The maximum atomic E-state index is 14.4. The van der Waals surface area contributed by atoms with Crippen LogP contribution >= 0.6 is 0 Å². The van der Waals surface area contributed by atoms with Crippen molar-refractivity contribution in [3.63, 3.8) is 0 Å². The second kappa shape index (κ2) is 30.6. The van der Waals surface area contributed by atoms with E-state index in [-0.39, 0.29) is 143 Å². The van der Waals surface area contributed by atoms with Gasteiger partial charge in [0.25, 0.3) is 5.91 Å². The Hall–Kier alpha value is -7.36. The van der Waals surface area contributed by atoms with Gasteiger partial charge in [-0.25, -0.2) is 9.37 Å². The molecule has 1 aliphatic carbocycles. The molecule has 1 aliphatic heterocycles. The summed E-state index contributed by atoms with van der Waals surface area (Å²) in [6, 6.07) is 15.2. The maximum Gasteiger partial charge on any atom is 0.254 e. The van der Waals surface area contributed by atoms with Gasteiger partial charge in [-0.3, -0.25) is 33.4 Å². The molecule has 2 bridgehead atoms. The number of amides is 5. The molecule has 3 heterocycles. The van der Waals surface area contributed by atoms with E-state index in [4.69, 9.17) is 29.4 Å². The van der Waals surface area contributed by atoms with Gasteiger partial charge in [0.05, 0.1) is 89.8 Å². The molecule has 0 saturated heterocycles. The fourth-order valence-electron chi connectivity index (χ4n) is 9.96. The normalized spacial score (nSPS) is 18.0. The topological polar surface area (TPSA) is 292 Å². The van der Waals surface area contributed by atoms with E-state index in [2.05, 4.69) is 42.7 Å². The smallest absolute Gasteiger partial charge is 0.254 e. The summed E-state index contributed by atoms with van der Waals surface area (Å²) >= 11 is 0. The van der Waals surface area contributed by atoms with Crippen LogP contribution in [-0.4, -0.2) is 147 Å². The molecule has 1 fully saturated rings. The minimum absolute atomic E-state index is 0.000936. The first kappa shape index (κ1) is 63.8. The van der Waals surface area contributed by atoms with Gasteiger partial charge < -0.3 is 60.9 Å². The van der Waals surface area contributed by atoms with Crippen LogP contribution in [0, 0.1) is 34.4 Å². The van der Waals surface area contributed by atoms with Crippen LogP contribution in [0.2, 0.25) is 0 Å². The molecule has 6 rings (SSSR count). The number of likely N-dealkylation sites (N-methyl/N-ethyl adjacent to an activating group) is 1. The van der Waals surface area contributed by atoms with Crippen molar-refractivity contribution in [1.82, 2.24) is 46.2 Å². The first-order chi connectivity index (χ1) is 39.2. The van der Waals surface area contributed by atoms with E-state index >= 15 is 0 Å². The first-order valence-corrected chi connectivity index (χ1v) is 27.9. The number of nitrogens with two attached hydrogens (primary N) is 1. The number of anilines is 1. The number of nitrogens with zero attached hydrogens (tertiary/aromatic N) is 5. The van der Waals surface area contributed by atoms with E-state index in [9.17, 15) is 38.4 Å². The summed E-state index contributed by atoms with van der Waals surface area (Å²) in [5, 5.41) is 29.9. The van der Waals surface area contributed by atoms with Gasteiger partial charge in [-0.2, -0.15) is 10.4 Å². The summed E-state index contributed by atoms with van der Waals surface area (Å²) in [4.78, 5) is 86.8. The number of ketones is 1. The third-order valence-corrected chi connectivity index (χ3v) is 14.5. The van der Waals surface area contributed by atoms with Crippen molar-refractivity contribution in [2.75, 3.05) is 79.2 Å². The standard InChI is InChI=1S/C59H80FN11O11/c1-9-46(38-13-11-10-12-14-38)67-57(76)45-32-41(31-44(45)53(74)54(59(4,5)6)68-56(75)36(2)63-7)66-51(73)18-22-79-24-26-81-28-27-80-25-23-78-21-17-50(72)64-19-20-71-48(33-61)52-39-29-49(55(62)65-34-39)82-37(3)43-30-40(60)15-16-42(43)58(77)70(8)35-47(52)69-71/h10-16,29-30,34,36-37,41,44-46,54,63H,9,17-28,31-32,35H2,1-8H3,(H2,62,65)(H,64,72)(H,66,73)(H,67,76)(H,68,75)/t36-,37+,41+,44?,45+,46+,54+/m0/s1. The van der Waals surface area contributed by atoms with Crippen molar-refractivity contribution in [1.29, 1.82) is 5.26 Å². The number of halogens is 1. The zero-order chi connectivity index (χ0) is 59.5. The Labute approximate surface area is 479 Å². The van der Waals surface area contributed by atoms with E-state index in [1.165, 1.54) is 34.0 Å². The SMILES string of the molecule is CC[C@@H](NC(=O)[C@@H]1C[C@H](NC(=O)CCOCCOCCOCCOCCC(=O)NCCn2nc3c(c2C#N)-c2cnc(N)c(c2)O[C@H](C)c2cc(F)ccc2C(=O)N(C)C3)CC1C(=O)[C@@H](NC(=O)[C@H](C)NC)C(C)(C)C)c1ccccc1. The number of ether oxygens (including phenoxy) is 5. The van der Waals surface area contributed by atoms with Crippen molar-refractivity contribution in [2.24, 2.45) is 17.3 Å². The minimum Gasteiger partial charge on any atom is -0.482 e. The highest BCUT2D eigenvalue weighted by molar-refractivity contribution is 5.97. The number of fused-ring (bicyclic) bond motifs is 5. The molecule has 22 nitrogen and oxygen atoms in total.